The lowest BCUT2D eigenvalue weighted by Gasteiger charge is -2.33. The average molecular weight is 416 g/mol. The van der Waals surface area contributed by atoms with E-state index in [4.69, 9.17) is 11.6 Å². The number of fused-ring (bicyclic) bond motifs is 1. The fourth-order valence-corrected chi connectivity index (χ4v) is 4.18. The highest BCUT2D eigenvalue weighted by Crippen LogP contribution is 2.33. The van der Waals surface area contributed by atoms with Crippen molar-refractivity contribution in [3.63, 3.8) is 0 Å². The maximum atomic E-state index is 13.5. The highest BCUT2D eigenvalue weighted by molar-refractivity contribution is 6.30. The van der Waals surface area contributed by atoms with Crippen LogP contribution in [-0.4, -0.2) is 35.8 Å². The van der Waals surface area contributed by atoms with Crippen molar-refractivity contribution < 1.29 is 14.0 Å². The van der Waals surface area contributed by atoms with E-state index < -0.39 is 11.7 Å². The maximum Gasteiger partial charge on any atom is 0.228 e. The molecule has 4 rings (SSSR count). The molecule has 1 fully saturated rings. The zero-order valence-electron chi connectivity index (χ0n) is 16.0. The molecule has 1 atom stereocenters. The number of benzene rings is 2. The van der Waals surface area contributed by atoms with Crippen LogP contribution in [0.1, 0.15) is 36.3 Å². The van der Waals surface area contributed by atoms with Crippen molar-refractivity contribution in [2.45, 2.75) is 37.8 Å². The first kappa shape index (κ1) is 19.9. The number of nitrogens with zero attached hydrogens (tertiary/aromatic N) is 1. The van der Waals surface area contributed by atoms with Crippen molar-refractivity contribution >= 4 is 29.1 Å². The Morgan fingerprint density at radius 1 is 1.17 bits per heavy atom. The van der Waals surface area contributed by atoms with Crippen LogP contribution in [0.5, 0.6) is 0 Å². The van der Waals surface area contributed by atoms with Gasteiger partial charge in [-0.25, -0.2) is 4.39 Å². The van der Waals surface area contributed by atoms with Gasteiger partial charge in [-0.2, -0.15) is 0 Å². The van der Waals surface area contributed by atoms with Crippen molar-refractivity contribution in [2.75, 3.05) is 18.4 Å². The number of anilines is 1. The van der Waals surface area contributed by atoms with Gasteiger partial charge in [0.25, 0.3) is 0 Å². The van der Waals surface area contributed by atoms with Gasteiger partial charge in [0.05, 0.1) is 5.92 Å². The number of hydrogen-bond donors (Lipinski definition) is 2. The molecule has 2 amide bonds. The average Bonchev–Trinajstić information content (AvgIpc) is 2.70. The molecule has 0 aliphatic carbocycles. The number of nitrogens with one attached hydrogen (secondary N) is 2. The maximum absolute atomic E-state index is 13.5. The molecule has 0 spiro atoms. The molecule has 0 aromatic heterocycles. The summed E-state index contributed by atoms with van der Waals surface area (Å²) in [6, 6.07) is 12.1. The quantitative estimate of drug-likeness (QED) is 0.800. The third kappa shape index (κ3) is 4.77. The molecule has 2 N–H and O–H groups in total. The minimum Gasteiger partial charge on any atom is -0.353 e. The van der Waals surface area contributed by atoms with Gasteiger partial charge in [0.2, 0.25) is 11.8 Å². The Kier molecular flexibility index (Phi) is 5.83. The summed E-state index contributed by atoms with van der Waals surface area (Å²) in [6.07, 6.45) is 1.79. The normalized spacial score (nSPS) is 20.1. The zero-order valence-corrected chi connectivity index (χ0v) is 16.7. The van der Waals surface area contributed by atoms with Gasteiger partial charge < -0.3 is 10.6 Å². The van der Waals surface area contributed by atoms with Crippen LogP contribution in [0.3, 0.4) is 0 Å². The topological polar surface area (TPSA) is 61.4 Å². The summed E-state index contributed by atoms with van der Waals surface area (Å²) in [6.45, 7) is 2.64. The molecule has 29 heavy (non-hydrogen) atoms. The molecule has 2 aromatic rings. The molecule has 2 aliphatic rings. The third-order valence-corrected chi connectivity index (χ3v) is 5.88. The highest BCUT2D eigenvalue weighted by Gasteiger charge is 2.32. The van der Waals surface area contributed by atoms with Crippen molar-refractivity contribution in [1.82, 2.24) is 10.2 Å². The molecule has 5 nitrogen and oxygen atoms in total. The lowest BCUT2D eigenvalue weighted by Crippen LogP contribution is -2.46. The van der Waals surface area contributed by atoms with E-state index in [9.17, 15) is 14.0 Å². The number of carbonyl (C=O) groups excluding carboxylic acids is 2. The molecule has 0 unspecified atom stereocenters. The predicted octanol–water partition coefficient (Wildman–Crippen LogP) is 3.69. The van der Waals surface area contributed by atoms with Crippen molar-refractivity contribution in [1.29, 1.82) is 0 Å². The molecule has 152 valence electrons. The Hall–Kier alpha value is -2.44. The Balaban J connectivity index is 1.33. The van der Waals surface area contributed by atoms with Gasteiger partial charge in [0.15, 0.2) is 0 Å². The van der Waals surface area contributed by atoms with Gasteiger partial charge in [-0.05, 0) is 48.2 Å². The summed E-state index contributed by atoms with van der Waals surface area (Å²) in [5.41, 5.74) is 2.27. The first-order chi connectivity index (χ1) is 14.0. The minimum atomic E-state index is -0.577. The highest BCUT2D eigenvalue weighted by atomic mass is 35.5. The molecule has 0 radical (unpaired) electrons. The molecular weight excluding hydrogens is 393 g/mol. The van der Waals surface area contributed by atoms with Crippen molar-refractivity contribution in [2.24, 2.45) is 0 Å². The van der Waals surface area contributed by atoms with E-state index in [0.29, 0.717) is 11.3 Å². The number of amides is 2. The summed E-state index contributed by atoms with van der Waals surface area (Å²) >= 11 is 5.94. The first-order valence-corrected chi connectivity index (χ1v) is 10.2. The molecule has 1 saturated heterocycles. The predicted molar refractivity (Wildman–Crippen MR) is 110 cm³/mol. The largest absolute Gasteiger partial charge is 0.353 e. The Morgan fingerprint density at radius 3 is 2.62 bits per heavy atom. The standard InChI is InChI=1S/C22H23ClFN3O2/c23-15-3-1-14(2-4-15)13-27-9-7-17(8-10-27)25-22(29)19-12-21(28)26-20-11-16(24)5-6-18(19)20/h1-6,11,17,19H,7-10,12-13H2,(H,25,29)(H,26,28)/t19-/m1/s1. The second-order valence-electron chi connectivity index (χ2n) is 7.72. The van der Waals surface area contributed by atoms with Crippen LogP contribution in [0.2, 0.25) is 5.02 Å². The fraction of sp³-hybridized carbons (Fsp3) is 0.364. The number of carbonyl (C=O) groups is 2. The van der Waals surface area contributed by atoms with E-state index in [-0.39, 0.29) is 24.3 Å². The van der Waals surface area contributed by atoms with E-state index in [1.54, 1.807) is 6.07 Å². The van der Waals surface area contributed by atoms with Gasteiger partial charge in [0.1, 0.15) is 5.82 Å². The Labute approximate surface area is 174 Å². The van der Waals surface area contributed by atoms with E-state index in [1.807, 2.05) is 24.3 Å². The number of rotatable bonds is 4. The Bertz CT molecular complexity index is 911. The van der Waals surface area contributed by atoms with Gasteiger partial charge in [-0.1, -0.05) is 29.8 Å². The molecule has 7 heteroatoms. The molecule has 2 aromatic carbocycles. The molecule has 2 heterocycles. The smallest absolute Gasteiger partial charge is 0.228 e. The van der Waals surface area contributed by atoms with Crippen LogP contribution >= 0.6 is 11.6 Å². The molecule has 2 aliphatic heterocycles. The number of hydrogen-bond acceptors (Lipinski definition) is 3. The van der Waals surface area contributed by atoms with E-state index >= 15 is 0 Å². The van der Waals surface area contributed by atoms with E-state index in [0.717, 1.165) is 37.5 Å². The summed E-state index contributed by atoms with van der Waals surface area (Å²) in [4.78, 5) is 27.2. The van der Waals surface area contributed by atoms with Crippen LogP contribution in [-0.2, 0) is 16.1 Å². The number of piperidine rings is 1. The summed E-state index contributed by atoms with van der Waals surface area (Å²) in [5, 5.41) is 6.48. The van der Waals surface area contributed by atoms with E-state index in [1.165, 1.54) is 17.7 Å². The lowest BCUT2D eigenvalue weighted by atomic mass is 9.89. The van der Waals surface area contributed by atoms with Crippen molar-refractivity contribution in [3.8, 4) is 0 Å². The molecule has 0 saturated carbocycles. The first-order valence-electron chi connectivity index (χ1n) is 9.84. The van der Waals surface area contributed by atoms with Crippen LogP contribution in [0.15, 0.2) is 42.5 Å². The monoisotopic (exact) mass is 415 g/mol. The zero-order chi connectivity index (χ0) is 20.4. The van der Waals surface area contributed by atoms with Gasteiger partial charge in [-0.3, -0.25) is 14.5 Å². The lowest BCUT2D eigenvalue weighted by molar-refractivity contribution is -0.127. The van der Waals surface area contributed by atoms with Crippen LogP contribution in [0.25, 0.3) is 0 Å². The summed E-state index contributed by atoms with van der Waals surface area (Å²) in [7, 11) is 0. The van der Waals surface area contributed by atoms with Gasteiger partial charge in [-0.15, -0.1) is 0 Å². The van der Waals surface area contributed by atoms with Gasteiger partial charge in [0, 0.05) is 42.8 Å². The SMILES string of the molecule is O=C1C[C@@H](C(=O)NC2CCN(Cc3ccc(Cl)cc3)CC2)c2ccc(F)cc2N1. The molecular formula is C22H23ClFN3O2. The van der Waals surface area contributed by atoms with Crippen molar-refractivity contribution in [3.05, 3.63) is 64.4 Å². The fourth-order valence-electron chi connectivity index (χ4n) is 4.06. The minimum absolute atomic E-state index is 0.0813. The molecule has 0 bridgehead atoms. The second-order valence-corrected chi connectivity index (χ2v) is 8.16. The van der Waals surface area contributed by atoms with Crippen LogP contribution < -0.4 is 10.6 Å². The van der Waals surface area contributed by atoms with E-state index in [2.05, 4.69) is 15.5 Å². The number of likely N-dealkylation sites (tertiary alicyclic amines) is 1. The summed E-state index contributed by atoms with van der Waals surface area (Å²) < 4.78 is 13.5. The van der Waals surface area contributed by atoms with Crippen LogP contribution in [0, 0.1) is 5.82 Å². The Morgan fingerprint density at radius 2 is 1.90 bits per heavy atom. The third-order valence-electron chi connectivity index (χ3n) is 5.62. The second kappa shape index (κ2) is 8.51. The van der Waals surface area contributed by atoms with Crippen LogP contribution in [0.4, 0.5) is 10.1 Å². The number of halogens is 2. The summed E-state index contributed by atoms with van der Waals surface area (Å²) in [5.74, 6) is -1.44. The van der Waals surface area contributed by atoms with Gasteiger partial charge >= 0.3 is 0 Å².